The molecule has 4 nitrogen and oxygen atoms in total. The lowest BCUT2D eigenvalue weighted by molar-refractivity contribution is -0.684. The summed E-state index contributed by atoms with van der Waals surface area (Å²) in [6.07, 6.45) is 3.45. The van der Waals surface area contributed by atoms with Crippen LogP contribution in [0, 0.1) is 6.92 Å². The fourth-order valence-corrected chi connectivity index (χ4v) is 2.82. The van der Waals surface area contributed by atoms with Crippen molar-refractivity contribution in [3.63, 3.8) is 0 Å². The van der Waals surface area contributed by atoms with Crippen molar-refractivity contribution in [2.24, 2.45) is 0 Å². The summed E-state index contributed by atoms with van der Waals surface area (Å²) < 4.78 is 1.72. The van der Waals surface area contributed by atoms with Gasteiger partial charge in [-0.25, -0.2) is 0 Å². The molecule has 0 unspecified atom stereocenters. The molecule has 3 rings (SSSR count). The topological polar surface area (TPSA) is 50.1 Å². The zero-order valence-electron chi connectivity index (χ0n) is 14.3. The molecule has 1 aromatic heterocycles. The number of hydrogen-bond donors (Lipinski definition) is 1. The van der Waals surface area contributed by atoms with Crippen LogP contribution < -0.4 is 9.88 Å². The monoisotopic (exact) mass is 365 g/mol. The zero-order valence-corrected chi connectivity index (χ0v) is 15.0. The summed E-state index contributed by atoms with van der Waals surface area (Å²) in [7, 11) is 0. The van der Waals surface area contributed by atoms with Gasteiger partial charge in [0.1, 0.15) is 0 Å². The first kappa shape index (κ1) is 17.8. The molecule has 130 valence electrons. The lowest BCUT2D eigenvalue weighted by Gasteiger charge is -2.07. The number of amides is 1. The highest BCUT2D eigenvalue weighted by atomic mass is 35.5. The molecule has 3 aromatic rings. The third-order valence-electron chi connectivity index (χ3n) is 3.98. The van der Waals surface area contributed by atoms with Crippen molar-refractivity contribution in [3.8, 4) is 0 Å². The highest BCUT2D eigenvalue weighted by Gasteiger charge is 2.14. The highest BCUT2D eigenvalue weighted by Crippen LogP contribution is 2.19. The average molecular weight is 366 g/mol. The van der Waals surface area contributed by atoms with Gasteiger partial charge in [-0.2, -0.15) is 4.57 Å². The van der Waals surface area contributed by atoms with Crippen molar-refractivity contribution in [1.29, 1.82) is 0 Å². The highest BCUT2D eigenvalue weighted by molar-refractivity contribution is 6.30. The molecule has 2 aromatic carbocycles. The third kappa shape index (κ3) is 4.35. The summed E-state index contributed by atoms with van der Waals surface area (Å²) in [5.74, 6) is -0.193. The van der Waals surface area contributed by atoms with Crippen LogP contribution in [0.1, 0.15) is 21.5 Å². The van der Waals surface area contributed by atoms with Crippen molar-refractivity contribution in [2.45, 2.75) is 13.5 Å². The molecule has 0 fully saturated rings. The van der Waals surface area contributed by atoms with Gasteiger partial charge in [-0.15, -0.1) is 0 Å². The Balaban J connectivity index is 1.65. The number of halogens is 1. The average Bonchev–Trinajstić information content (AvgIpc) is 2.65. The molecule has 1 heterocycles. The molecule has 0 aliphatic rings. The number of anilines is 1. The number of nitrogens with one attached hydrogen (secondary N) is 1. The molecule has 0 atom stereocenters. The van der Waals surface area contributed by atoms with E-state index in [1.54, 1.807) is 59.4 Å². The Morgan fingerprint density at radius 1 is 0.962 bits per heavy atom. The van der Waals surface area contributed by atoms with E-state index in [1.807, 2.05) is 25.1 Å². The molecule has 0 saturated heterocycles. The van der Waals surface area contributed by atoms with E-state index in [0.717, 1.165) is 11.3 Å². The van der Waals surface area contributed by atoms with E-state index in [0.29, 0.717) is 16.1 Å². The Bertz CT molecular complexity index is 938. The minimum Gasteiger partial charge on any atom is -0.320 e. The molecule has 0 spiro atoms. The molecule has 5 heteroatoms. The number of benzene rings is 2. The van der Waals surface area contributed by atoms with Gasteiger partial charge in [0.05, 0.1) is 0 Å². The van der Waals surface area contributed by atoms with Crippen LogP contribution in [0.2, 0.25) is 5.02 Å². The van der Waals surface area contributed by atoms with Crippen LogP contribution in [0.25, 0.3) is 0 Å². The number of carbonyl (C=O) groups excluding carboxylic acids is 2. The second-order valence-electron chi connectivity index (χ2n) is 5.96. The second-order valence-corrected chi connectivity index (χ2v) is 6.40. The quantitative estimate of drug-likeness (QED) is 0.552. The minimum atomic E-state index is -0.150. The van der Waals surface area contributed by atoms with Gasteiger partial charge in [-0.3, -0.25) is 9.59 Å². The molecule has 0 bridgehead atoms. The largest absolute Gasteiger partial charge is 0.320 e. The van der Waals surface area contributed by atoms with Gasteiger partial charge in [0, 0.05) is 34.0 Å². The standard InChI is InChI=1S/C21H17ClN2O2/c1-15-13-18(22)7-8-19(15)23-20(25)14-24-11-9-17(10-12-24)21(26)16-5-3-2-4-6-16/h2-13H,14H2,1H3/p+1. The van der Waals surface area contributed by atoms with Gasteiger partial charge in [0.25, 0.3) is 5.91 Å². The van der Waals surface area contributed by atoms with Crippen LogP contribution in [0.5, 0.6) is 0 Å². The SMILES string of the molecule is Cc1cc(Cl)ccc1NC(=O)C[n+]1ccc(C(=O)c2ccccc2)cc1. The van der Waals surface area contributed by atoms with Gasteiger partial charge < -0.3 is 5.32 Å². The summed E-state index contributed by atoms with van der Waals surface area (Å²) in [4.78, 5) is 24.6. The molecule has 0 radical (unpaired) electrons. The van der Waals surface area contributed by atoms with Crippen LogP contribution in [0.3, 0.4) is 0 Å². The predicted octanol–water partition coefficient (Wildman–Crippen LogP) is 3.81. The van der Waals surface area contributed by atoms with Crippen molar-refractivity contribution in [3.05, 3.63) is 94.8 Å². The van der Waals surface area contributed by atoms with Gasteiger partial charge in [-0.05, 0) is 30.7 Å². The Morgan fingerprint density at radius 3 is 2.27 bits per heavy atom. The number of hydrogen-bond acceptors (Lipinski definition) is 2. The first-order valence-electron chi connectivity index (χ1n) is 8.18. The van der Waals surface area contributed by atoms with E-state index in [-0.39, 0.29) is 18.2 Å². The molecular formula is C21H18ClN2O2+. The second kappa shape index (κ2) is 7.93. The van der Waals surface area contributed by atoms with E-state index in [4.69, 9.17) is 11.6 Å². The maximum absolute atomic E-state index is 12.4. The maximum Gasteiger partial charge on any atom is 0.290 e. The van der Waals surface area contributed by atoms with Gasteiger partial charge in [0.2, 0.25) is 6.54 Å². The van der Waals surface area contributed by atoms with E-state index in [2.05, 4.69) is 5.32 Å². The lowest BCUT2D eigenvalue weighted by atomic mass is 10.0. The van der Waals surface area contributed by atoms with Crippen LogP contribution in [-0.2, 0) is 11.3 Å². The molecule has 0 aliphatic heterocycles. The lowest BCUT2D eigenvalue weighted by Crippen LogP contribution is -2.39. The third-order valence-corrected chi connectivity index (χ3v) is 4.21. The first-order valence-corrected chi connectivity index (χ1v) is 8.55. The maximum atomic E-state index is 12.4. The van der Waals surface area contributed by atoms with Crippen molar-refractivity contribution in [1.82, 2.24) is 0 Å². The number of carbonyl (C=O) groups is 2. The van der Waals surface area contributed by atoms with Gasteiger partial charge in [-0.1, -0.05) is 41.9 Å². The van der Waals surface area contributed by atoms with Crippen LogP contribution in [0.4, 0.5) is 5.69 Å². The van der Waals surface area contributed by atoms with Crippen molar-refractivity contribution >= 4 is 29.0 Å². The summed E-state index contributed by atoms with van der Waals surface area (Å²) in [6, 6.07) is 17.9. The smallest absolute Gasteiger partial charge is 0.290 e. The molecule has 0 aliphatic carbocycles. The molecule has 1 amide bonds. The number of pyridine rings is 1. The molecule has 1 N–H and O–H groups in total. The molecular weight excluding hydrogens is 348 g/mol. The number of aryl methyl sites for hydroxylation is 1. The summed E-state index contributed by atoms with van der Waals surface area (Å²) in [6.45, 7) is 2.04. The van der Waals surface area contributed by atoms with Crippen LogP contribution >= 0.6 is 11.6 Å². The molecule has 26 heavy (non-hydrogen) atoms. The van der Waals surface area contributed by atoms with Gasteiger partial charge >= 0.3 is 0 Å². The van der Waals surface area contributed by atoms with Crippen molar-refractivity contribution in [2.75, 3.05) is 5.32 Å². The number of nitrogens with zero attached hydrogens (tertiary/aromatic N) is 1. The minimum absolute atomic E-state index is 0.0426. The van der Waals surface area contributed by atoms with E-state index >= 15 is 0 Å². The number of aromatic nitrogens is 1. The van der Waals surface area contributed by atoms with E-state index in [9.17, 15) is 9.59 Å². The normalized spacial score (nSPS) is 10.4. The van der Waals surface area contributed by atoms with Crippen molar-refractivity contribution < 1.29 is 14.2 Å². The molecule has 0 saturated carbocycles. The van der Waals surface area contributed by atoms with E-state index < -0.39 is 0 Å². The number of ketones is 1. The van der Waals surface area contributed by atoms with E-state index in [1.165, 1.54) is 0 Å². The number of rotatable bonds is 5. The Kier molecular flexibility index (Phi) is 5.44. The summed E-state index contributed by atoms with van der Waals surface area (Å²) >= 11 is 5.92. The van der Waals surface area contributed by atoms with Crippen LogP contribution in [-0.4, -0.2) is 11.7 Å². The predicted molar refractivity (Wildman–Crippen MR) is 101 cm³/mol. The first-order chi connectivity index (χ1) is 12.5. The Hall–Kier alpha value is -2.98. The van der Waals surface area contributed by atoms with Gasteiger partial charge in [0.15, 0.2) is 18.2 Å². The summed E-state index contributed by atoms with van der Waals surface area (Å²) in [5.41, 5.74) is 2.86. The van der Waals surface area contributed by atoms with Crippen LogP contribution in [0.15, 0.2) is 73.1 Å². The Labute approximate surface area is 157 Å². The summed E-state index contributed by atoms with van der Waals surface area (Å²) in [5, 5.41) is 3.50. The fraction of sp³-hybridized carbons (Fsp3) is 0.0952. The fourth-order valence-electron chi connectivity index (χ4n) is 2.59. The zero-order chi connectivity index (χ0) is 18.5. The Morgan fingerprint density at radius 2 is 1.62 bits per heavy atom.